The second-order valence-electron chi connectivity index (χ2n) is 2.69. The van der Waals surface area contributed by atoms with Crippen LogP contribution in [-0.4, -0.2) is 45.3 Å². The summed E-state index contributed by atoms with van der Waals surface area (Å²) in [6, 6.07) is 0. The maximum absolute atomic E-state index is 10.8. The van der Waals surface area contributed by atoms with Crippen LogP contribution in [0.25, 0.3) is 0 Å². The molecule has 0 aromatic heterocycles. The summed E-state index contributed by atoms with van der Waals surface area (Å²) in [7, 11) is 1.59. The number of carbonyl (C=O) groups is 2. The molecule has 0 heterocycles. The summed E-state index contributed by atoms with van der Waals surface area (Å²) in [5, 5.41) is 2.38. The third-order valence-electron chi connectivity index (χ3n) is 1.52. The molecule has 2 amide bonds. The Bertz CT molecular complexity index is 198. The number of rotatable bonds is 7. The predicted molar refractivity (Wildman–Crippen MR) is 52.7 cm³/mol. The highest BCUT2D eigenvalue weighted by molar-refractivity contribution is 6.34. The molecule has 0 spiro atoms. The van der Waals surface area contributed by atoms with Gasteiger partial charge in [0.1, 0.15) is 0 Å². The second-order valence-corrected chi connectivity index (χ2v) is 2.69. The van der Waals surface area contributed by atoms with Crippen molar-refractivity contribution in [3.63, 3.8) is 0 Å². The Morgan fingerprint density at radius 3 is 2.53 bits per heavy atom. The zero-order chi connectivity index (χ0) is 11.5. The predicted octanol–water partition coefficient (Wildman–Crippen LogP) is -1.85. The molecule has 0 aromatic rings. The number of methoxy groups -OCH3 is 1. The van der Waals surface area contributed by atoms with Crippen LogP contribution in [0.5, 0.6) is 0 Å². The van der Waals surface area contributed by atoms with E-state index in [9.17, 15) is 9.59 Å². The normalized spacial score (nSPS) is 9.73. The number of hydrazine groups is 1. The molecule has 0 saturated carbocycles. The topological polar surface area (TPSA) is 103 Å². The summed E-state index contributed by atoms with van der Waals surface area (Å²) in [4.78, 5) is 21.5. The van der Waals surface area contributed by atoms with Gasteiger partial charge in [0.2, 0.25) is 0 Å². The van der Waals surface area contributed by atoms with Crippen molar-refractivity contribution < 1.29 is 19.1 Å². The van der Waals surface area contributed by atoms with Gasteiger partial charge in [0.25, 0.3) is 0 Å². The van der Waals surface area contributed by atoms with Crippen molar-refractivity contribution in [2.24, 2.45) is 5.84 Å². The highest BCUT2D eigenvalue weighted by Gasteiger charge is 2.09. The first-order valence-corrected chi connectivity index (χ1v) is 4.57. The summed E-state index contributed by atoms with van der Waals surface area (Å²) in [6.45, 7) is 1.95. The lowest BCUT2D eigenvalue weighted by molar-refractivity contribution is -0.139. The van der Waals surface area contributed by atoms with E-state index < -0.39 is 11.8 Å². The maximum atomic E-state index is 10.8. The maximum Gasteiger partial charge on any atom is 0.323 e. The standard InChI is InChI=1S/C8H17N3O4/c1-14-5-6-15-4-2-3-10-7(12)8(13)11-9/h2-6,9H2,1H3,(H,10,12)(H,11,13). The van der Waals surface area contributed by atoms with Crippen molar-refractivity contribution in [2.45, 2.75) is 6.42 Å². The Morgan fingerprint density at radius 2 is 1.93 bits per heavy atom. The molecule has 4 N–H and O–H groups in total. The van der Waals surface area contributed by atoms with Gasteiger partial charge in [-0.05, 0) is 6.42 Å². The summed E-state index contributed by atoms with van der Waals surface area (Å²) in [5.41, 5.74) is 1.73. The number of amides is 2. The zero-order valence-corrected chi connectivity index (χ0v) is 8.75. The van der Waals surface area contributed by atoms with Crippen molar-refractivity contribution >= 4 is 11.8 Å². The molecule has 15 heavy (non-hydrogen) atoms. The lowest BCUT2D eigenvalue weighted by atomic mass is 10.4. The molecule has 0 unspecified atom stereocenters. The Morgan fingerprint density at radius 1 is 1.20 bits per heavy atom. The quantitative estimate of drug-likeness (QED) is 0.153. The van der Waals surface area contributed by atoms with Crippen LogP contribution < -0.4 is 16.6 Å². The number of nitrogens with two attached hydrogens (primary N) is 1. The highest BCUT2D eigenvalue weighted by atomic mass is 16.5. The van der Waals surface area contributed by atoms with Crippen molar-refractivity contribution in [3.05, 3.63) is 0 Å². The monoisotopic (exact) mass is 219 g/mol. The first kappa shape index (κ1) is 13.8. The molecule has 88 valence electrons. The zero-order valence-electron chi connectivity index (χ0n) is 8.75. The molecule has 7 heteroatoms. The summed E-state index contributed by atoms with van der Waals surface area (Å²) >= 11 is 0. The number of ether oxygens (including phenoxy) is 2. The van der Waals surface area contributed by atoms with E-state index in [0.29, 0.717) is 32.8 Å². The fraction of sp³-hybridized carbons (Fsp3) is 0.750. The molecular weight excluding hydrogens is 202 g/mol. The van der Waals surface area contributed by atoms with E-state index in [4.69, 9.17) is 15.3 Å². The minimum Gasteiger partial charge on any atom is -0.382 e. The third-order valence-corrected chi connectivity index (χ3v) is 1.52. The van der Waals surface area contributed by atoms with Crippen LogP contribution in [0, 0.1) is 0 Å². The van der Waals surface area contributed by atoms with E-state index in [1.807, 2.05) is 0 Å². The van der Waals surface area contributed by atoms with Crippen LogP contribution >= 0.6 is 0 Å². The molecule has 0 fully saturated rings. The van der Waals surface area contributed by atoms with Crippen LogP contribution in [0.4, 0.5) is 0 Å². The molecule has 0 atom stereocenters. The van der Waals surface area contributed by atoms with E-state index in [2.05, 4.69) is 5.32 Å². The van der Waals surface area contributed by atoms with E-state index in [1.54, 1.807) is 12.5 Å². The molecule has 0 aliphatic carbocycles. The molecule has 0 saturated heterocycles. The van der Waals surface area contributed by atoms with Gasteiger partial charge in [-0.3, -0.25) is 15.0 Å². The summed E-state index contributed by atoms with van der Waals surface area (Å²) in [6.07, 6.45) is 0.632. The molecule has 0 aliphatic rings. The van der Waals surface area contributed by atoms with Gasteiger partial charge in [-0.1, -0.05) is 0 Å². The SMILES string of the molecule is COCCOCCCNC(=O)C(=O)NN. The van der Waals surface area contributed by atoms with Crippen LogP contribution in [-0.2, 0) is 19.1 Å². The van der Waals surface area contributed by atoms with Gasteiger partial charge in [0.15, 0.2) is 0 Å². The average Bonchev–Trinajstić information content (AvgIpc) is 2.26. The van der Waals surface area contributed by atoms with Gasteiger partial charge < -0.3 is 14.8 Å². The first-order valence-electron chi connectivity index (χ1n) is 4.57. The van der Waals surface area contributed by atoms with E-state index >= 15 is 0 Å². The lowest BCUT2D eigenvalue weighted by Crippen LogP contribution is -2.43. The summed E-state index contributed by atoms with van der Waals surface area (Å²) < 4.78 is 9.91. The molecule has 0 rings (SSSR count). The third kappa shape index (κ3) is 7.86. The molecule has 0 bridgehead atoms. The Balaban J connectivity index is 3.24. The smallest absolute Gasteiger partial charge is 0.323 e. The van der Waals surface area contributed by atoms with Crippen LogP contribution in [0.1, 0.15) is 6.42 Å². The van der Waals surface area contributed by atoms with Crippen LogP contribution in [0.15, 0.2) is 0 Å². The lowest BCUT2D eigenvalue weighted by Gasteiger charge is -2.04. The number of carbonyl (C=O) groups excluding carboxylic acids is 2. The Kier molecular flexibility index (Phi) is 8.64. The van der Waals surface area contributed by atoms with Gasteiger partial charge in [-0.25, -0.2) is 5.84 Å². The van der Waals surface area contributed by atoms with E-state index in [-0.39, 0.29) is 0 Å². The van der Waals surface area contributed by atoms with Crippen molar-refractivity contribution in [1.29, 1.82) is 0 Å². The van der Waals surface area contributed by atoms with Gasteiger partial charge in [-0.15, -0.1) is 0 Å². The molecule has 0 aliphatic heterocycles. The largest absolute Gasteiger partial charge is 0.382 e. The Hall–Kier alpha value is -1.18. The first-order chi connectivity index (χ1) is 7.22. The van der Waals surface area contributed by atoms with Crippen LogP contribution in [0.2, 0.25) is 0 Å². The second kappa shape index (κ2) is 9.38. The average molecular weight is 219 g/mol. The van der Waals surface area contributed by atoms with Crippen molar-refractivity contribution in [1.82, 2.24) is 10.7 Å². The van der Waals surface area contributed by atoms with Crippen molar-refractivity contribution in [2.75, 3.05) is 33.5 Å². The highest BCUT2D eigenvalue weighted by Crippen LogP contribution is 1.81. The van der Waals surface area contributed by atoms with E-state index in [1.165, 1.54) is 0 Å². The minimum atomic E-state index is -0.852. The number of hydrogen-bond acceptors (Lipinski definition) is 5. The molecule has 7 nitrogen and oxygen atoms in total. The Labute approximate surface area is 88.3 Å². The fourth-order valence-corrected chi connectivity index (χ4v) is 0.766. The molecular formula is C8H17N3O4. The molecule has 0 radical (unpaired) electrons. The molecule has 0 aromatic carbocycles. The van der Waals surface area contributed by atoms with Crippen LogP contribution in [0.3, 0.4) is 0 Å². The summed E-state index contributed by atoms with van der Waals surface area (Å²) in [5.74, 6) is 3.17. The van der Waals surface area contributed by atoms with E-state index in [0.717, 1.165) is 0 Å². The fourth-order valence-electron chi connectivity index (χ4n) is 0.766. The van der Waals surface area contributed by atoms with Gasteiger partial charge in [0, 0.05) is 20.3 Å². The van der Waals surface area contributed by atoms with Gasteiger partial charge in [-0.2, -0.15) is 0 Å². The van der Waals surface area contributed by atoms with Crippen molar-refractivity contribution in [3.8, 4) is 0 Å². The number of hydrogen-bond donors (Lipinski definition) is 3. The number of nitrogens with one attached hydrogen (secondary N) is 2. The van der Waals surface area contributed by atoms with Gasteiger partial charge in [0.05, 0.1) is 13.2 Å². The van der Waals surface area contributed by atoms with Gasteiger partial charge >= 0.3 is 11.8 Å². The minimum absolute atomic E-state index is 0.374.